The van der Waals surface area contributed by atoms with Crippen LogP contribution >= 0.6 is 23.2 Å². The van der Waals surface area contributed by atoms with Gasteiger partial charge in [-0.1, -0.05) is 23.2 Å². The van der Waals surface area contributed by atoms with Crippen molar-refractivity contribution >= 4 is 46.4 Å². The molecular weight excluding hydrogens is 379 g/mol. The fourth-order valence-electron chi connectivity index (χ4n) is 2.79. The summed E-state index contributed by atoms with van der Waals surface area (Å²) in [5.74, 6) is 0.293. The number of methoxy groups -OCH3 is 2. The van der Waals surface area contributed by atoms with Gasteiger partial charge in [-0.05, 0) is 36.4 Å². The number of nitrogens with one attached hydrogen (secondary N) is 1. The van der Waals surface area contributed by atoms with Crippen LogP contribution in [-0.4, -0.2) is 32.1 Å². The topological polar surface area (TPSA) is 67.9 Å². The van der Waals surface area contributed by atoms with Crippen LogP contribution in [0.3, 0.4) is 0 Å². The number of imide groups is 1. The summed E-state index contributed by atoms with van der Waals surface area (Å²) in [5.41, 5.74) is 0.939. The highest BCUT2D eigenvalue weighted by Crippen LogP contribution is 2.34. The Morgan fingerprint density at radius 1 is 1.04 bits per heavy atom. The van der Waals surface area contributed by atoms with E-state index >= 15 is 0 Å². The molecule has 2 amide bonds. The van der Waals surface area contributed by atoms with Crippen molar-refractivity contribution in [2.75, 3.05) is 24.4 Å². The molecule has 3 rings (SSSR count). The van der Waals surface area contributed by atoms with E-state index in [0.29, 0.717) is 32.9 Å². The minimum atomic E-state index is -0.726. The van der Waals surface area contributed by atoms with Crippen molar-refractivity contribution < 1.29 is 19.1 Å². The lowest BCUT2D eigenvalue weighted by molar-refractivity contribution is -0.121. The number of hydrogen-bond donors (Lipinski definition) is 1. The highest BCUT2D eigenvalue weighted by molar-refractivity contribution is 6.33. The van der Waals surface area contributed by atoms with Gasteiger partial charge in [-0.15, -0.1) is 0 Å². The lowest BCUT2D eigenvalue weighted by Crippen LogP contribution is -2.34. The fourth-order valence-corrected chi connectivity index (χ4v) is 3.22. The van der Waals surface area contributed by atoms with E-state index < -0.39 is 6.04 Å². The number of nitrogens with zero attached hydrogens (tertiary/aromatic N) is 1. The van der Waals surface area contributed by atoms with Crippen LogP contribution in [0.4, 0.5) is 11.4 Å². The van der Waals surface area contributed by atoms with E-state index in [1.807, 2.05) is 0 Å². The molecule has 0 saturated carbocycles. The SMILES string of the molecule is COc1ccc(N2C(=O)C[C@@H](Nc3cc(Cl)ccc3OC)C2=O)cc1Cl. The molecule has 1 aliphatic heterocycles. The largest absolute Gasteiger partial charge is 0.495 e. The number of carbonyl (C=O) groups is 2. The number of halogens is 2. The van der Waals surface area contributed by atoms with Crippen molar-refractivity contribution in [3.8, 4) is 11.5 Å². The Kier molecular flexibility index (Phi) is 5.25. The molecule has 6 nitrogen and oxygen atoms in total. The van der Waals surface area contributed by atoms with Gasteiger partial charge in [0.15, 0.2) is 0 Å². The molecule has 0 bridgehead atoms. The number of hydrogen-bond acceptors (Lipinski definition) is 5. The molecular formula is C18H16Cl2N2O4. The number of ether oxygens (including phenoxy) is 2. The van der Waals surface area contributed by atoms with Crippen LogP contribution in [0.25, 0.3) is 0 Å². The molecule has 136 valence electrons. The maximum absolute atomic E-state index is 12.8. The van der Waals surface area contributed by atoms with E-state index in [9.17, 15) is 9.59 Å². The van der Waals surface area contributed by atoms with Crippen molar-refractivity contribution in [1.29, 1.82) is 0 Å². The van der Waals surface area contributed by atoms with E-state index in [2.05, 4.69) is 5.32 Å². The van der Waals surface area contributed by atoms with Crippen LogP contribution in [-0.2, 0) is 9.59 Å². The Hall–Kier alpha value is -2.44. The third-order valence-electron chi connectivity index (χ3n) is 4.03. The van der Waals surface area contributed by atoms with Gasteiger partial charge in [-0.25, -0.2) is 4.90 Å². The van der Waals surface area contributed by atoms with E-state index in [0.717, 1.165) is 4.90 Å². The van der Waals surface area contributed by atoms with E-state index in [-0.39, 0.29) is 18.2 Å². The number of benzene rings is 2. The smallest absolute Gasteiger partial charge is 0.256 e. The third-order valence-corrected chi connectivity index (χ3v) is 4.56. The number of amides is 2. The molecule has 0 spiro atoms. The van der Waals surface area contributed by atoms with Gasteiger partial charge in [0.2, 0.25) is 5.91 Å². The molecule has 1 saturated heterocycles. The Labute approximate surface area is 160 Å². The molecule has 1 fully saturated rings. The predicted octanol–water partition coefficient (Wildman–Crippen LogP) is 3.75. The molecule has 0 unspecified atom stereocenters. The van der Waals surface area contributed by atoms with Crippen LogP contribution in [0.1, 0.15) is 6.42 Å². The van der Waals surface area contributed by atoms with E-state index in [4.69, 9.17) is 32.7 Å². The number of carbonyl (C=O) groups excluding carboxylic acids is 2. The van der Waals surface area contributed by atoms with Crippen LogP contribution in [0.2, 0.25) is 10.0 Å². The summed E-state index contributed by atoms with van der Waals surface area (Å²) >= 11 is 12.1. The summed E-state index contributed by atoms with van der Waals surface area (Å²) in [6, 6.07) is 9.03. The molecule has 1 aliphatic rings. The molecule has 0 aromatic heterocycles. The zero-order valence-corrected chi connectivity index (χ0v) is 15.6. The summed E-state index contributed by atoms with van der Waals surface area (Å²) in [4.78, 5) is 26.3. The van der Waals surface area contributed by atoms with Gasteiger partial charge in [-0.3, -0.25) is 9.59 Å². The average molecular weight is 395 g/mol. The third kappa shape index (κ3) is 3.43. The Morgan fingerprint density at radius 2 is 1.73 bits per heavy atom. The van der Waals surface area contributed by atoms with E-state index in [1.165, 1.54) is 20.3 Å². The first kappa shape index (κ1) is 18.4. The Balaban J connectivity index is 1.85. The van der Waals surface area contributed by atoms with Gasteiger partial charge in [0.1, 0.15) is 17.5 Å². The molecule has 8 heteroatoms. The maximum atomic E-state index is 12.8. The lowest BCUT2D eigenvalue weighted by Gasteiger charge is -2.18. The summed E-state index contributed by atoms with van der Waals surface area (Å²) in [7, 11) is 3.01. The van der Waals surface area contributed by atoms with Gasteiger partial charge >= 0.3 is 0 Å². The second-order valence-electron chi connectivity index (χ2n) is 5.63. The second kappa shape index (κ2) is 7.43. The quantitative estimate of drug-likeness (QED) is 0.781. The first-order valence-corrected chi connectivity index (χ1v) is 8.50. The number of anilines is 2. The highest BCUT2D eigenvalue weighted by atomic mass is 35.5. The first-order valence-electron chi connectivity index (χ1n) is 7.75. The van der Waals surface area contributed by atoms with Gasteiger partial charge in [0.05, 0.1) is 37.0 Å². The molecule has 26 heavy (non-hydrogen) atoms. The van der Waals surface area contributed by atoms with Crippen molar-refractivity contribution in [2.45, 2.75) is 12.5 Å². The fraction of sp³-hybridized carbons (Fsp3) is 0.222. The molecule has 1 N–H and O–H groups in total. The summed E-state index contributed by atoms with van der Waals surface area (Å²) < 4.78 is 10.4. The van der Waals surface area contributed by atoms with Crippen molar-refractivity contribution in [1.82, 2.24) is 0 Å². The van der Waals surface area contributed by atoms with Gasteiger partial charge in [0, 0.05) is 5.02 Å². The summed E-state index contributed by atoms with van der Waals surface area (Å²) in [5, 5.41) is 3.85. The standard InChI is InChI=1S/C18H16Cl2N2O4/c1-25-15-6-4-11(8-12(15)20)22-17(23)9-14(18(22)24)21-13-7-10(19)3-5-16(13)26-2/h3-8,14,21H,9H2,1-2H3/t14-/m1/s1. The maximum Gasteiger partial charge on any atom is 0.256 e. The molecule has 0 radical (unpaired) electrons. The highest BCUT2D eigenvalue weighted by Gasteiger charge is 2.40. The van der Waals surface area contributed by atoms with Gasteiger partial charge < -0.3 is 14.8 Å². The van der Waals surface area contributed by atoms with Gasteiger partial charge in [-0.2, -0.15) is 0 Å². The second-order valence-corrected chi connectivity index (χ2v) is 6.48. The summed E-state index contributed by atoms with van der Waals surface area (Å²) in [6.45, 7) is 0. The van der Waals surface area contributed by atoms with Crippen LogP contribution in [0, 0.1) is 0 Å². The monoisotopic (exact) mass is 394 g/mol. The van der Waals surface area contributed by atoms with Crippen LogP contribution in [0.5, 0.6) is 11.5 Å². The molecule has 1 atom stereocenters. The lowest BCUT2D eigenvalue weighted by atomic mass is 10.2. The Morgan fingerprint density at radius 3 is 2.38 bits per heavy atom. The summed E-state index contributed by atoms with van der Waals surface area (Å²) in [6.07, 6.45) is 0.0121. The Bertz CT molecular complexity index is 872. The van der Waals surface area contributed by atoms with Crippen molar-refractivity contribution in [2.24, 2.45) is 0 Å². The average Bonchev–Trinajstić information content (AvgIpc) is 2.88. The van der Waals surface area contributed by atoms with Crippen molar-refractivity contribution in [3.05, 3.63) is 46.4 Å². The minimum Gasteiger partial charge on any atom is -0.495 e. The zero-order chi connectivity index (χ0) is 18.8. The van der Waals surface area contributed by atoms with Crippen LogP contribution < -0.4 is 19.7 Å². The normalized spacial score (nSPS) is 16.8. The zero-order valence-electron chi connectivity index (χ0n) is 14.1. The van der Waals surface area contributed by atoms with Crippen LogP contribution in [0.15, 0.2) is 36.4 Å². The van der Waals surface area contributed by atoms with Crippen molar-refractivity contribution in [3.63, 3.8) is 0 Å². The van der Waals surface area contributed by atoms with E-state index in [1.54, 1.807) is 30.3 Å². The first-order chi connectivity index (χ1) is 12.4. The predicted molar refractivity (Wildman–Crippen MR) is 101 cm³/mol. The molecule has 0 aliphatic carbocycles. The van der Waals surface area contributed by atoms with Gasteiger partial charge in [0.25, 0.3) is 5.91 Å². The minimum absolute atomic E-state index is 0.0121. The molecule has 1 heterocycles. The molecule has 2 aromatic rings. The number of rotatable bonds is 5. The molecule has 2 aromatic carbocycles.